The van der Waals surface area contributed by atoms with Gasteiger partial charge >= 0.3 is 0 Å². The van der Waals surface area contributed by atoms with E-state index in [1.807, 2.05) is 24.3 Å². The average molecular weight is 314 g/mol. The van der Waals surface area contributed by atoms with Crippen LogP contribution in [0.3, 0.4) is 0 Å². The molecule has 1 aliphatic heterocycles. The van der Waals surface area contributed by atoms with Crippen molar-refractivity contribution in [1.82, 2.24) is 10.6 Å². The van der Waals surface area contributed by atoms with Crippen LogP contribution in [0, 0.1) is 11.3 Å². The van der Waals surface area contributed by atoms with Crippen LogP contribution in [0.5, 0.6) is 5.75 Å². The van der Waals surface area contributed by atoms with E-state index >= 15 is 0 Å². The third kappa shape index (κ3) is 3.27. The quantitative estimate of drug-likeness (QED) is 0.794. The number of nitrogens with one attached hydrogen (secondary N) is 2. The molecule has 1 heterocycles. The first-order valence-corrected chi connectivity index (χ1v) is 8.57. The summed E-state index contributed by atoms with van der Waals surface area (Å²) < 4.78 is 5.67. The molecule has 1 saturated carbocycles. The Kier molecular flexibility index (Phi) is 5.01. The monoisotopic (exact) mass is 314 g/mol. The summed E-state index contributed by atoms with van der Waals surface area (Å²) in [5.41, 5.74) is 0.812. The van der Waals surface area contributed by atoms with Gasteiger partial charge in [-0.3, -0.25) is 4.79 Å². The van der Waals surface area contributed by atoms with Crippen LogP contribution in [0.25, 0.3) is 0 Å². The smallest absolute Gasteiger partial charge is 0.228 e. The van der Waals surface area contributed by atoms with E-state index in [0.717, 1.165) is 37.2 Å². The molecule has 2 N–H and O–H groups in total. The van der Waals surface area contributed by atoms with E-state index in [1.54, 1.807) is 6.08 Å². The minimum Gasteiger partial charge on any atom is -0.489 e. The number of benzene rings is 1. The highest BCUT2D eigenvalue weighted by Crippen LogP contribution is 2.43. The van der Waals surface area contributed by atoms with Gasteiger partial charge in [-0.25, -0.2) is 0 Å². The lowest BCUT2D eigenvalue weighted by atomic mass is 9.67. The maximum atomic E-state index is 12.9. The molecule has 2 fully saturated rings. The molecule has 3 rings (SSSR count). The van der Waals surface area contributed by atoms with E-state index in [1.165, 1.54) is 12.8 Å². The van der Waals surface area contributed by atoms with Gasteiger partial charge in [0, 0.05) is 18.7 Å². The minimum atomic E-state index is -0.199. The first-order chi connectivity index (χ1) is 11.3. The summed E-state index contributed by atoms with van der Waals surface area (Å²) in [7, 11) is 0. The Morgan fingerprint density at radius 3 is 3.17 bits per heavy atom. The third-order valence-electron chi connectivity index (χ3n) is 5.26. The maximum absolute atomic E-state index is 12.9. The first-order valence-electron chi connectivity index (χ1n) is 8.57. The summed E-state index contributed by atoms with van der Waals surface area (Å²) in [6.07, 6.45) is 6.31. The third-order valence-corrected chi connectivity index (χ3v) is 5.26. The normalized spacial score (nSPS) is 26.3. The Bertz CT molecular complexity index is 572. The number of fused-ring (bicyclic) bond motifs is 1. The molecule has 0 radical (unpaired) electrons. The fourth-order valence-electron chi connectivity index (χ4n) is 3.98. The SMILES string of the molecule is C=CCOc1ccccc1CNC(=O)[C@@]12CCCC[C@H]1CNC2. The summed E-state index contributed by atoms with van der Waals surface area (Å²) in [5, 5.41) is 6.59. The molecule has 0 unspecified atom stereocenters. The standard InChI is InChI=1S/C19H26N2O2/c1-2-11-23-17-9-4-3-7-15(17)12-21-18(22)19-10-6-5-8-16(19)13-20-14-19/h2-4,7,9,16,20H,1,5-6,8,10-14H2,(H,21,22)/t16-,19+/m0/s1. The molecule has 1 saturated heterocycles. The maximum Gasteiger partial charge on any atom is 0.228 e. The average Bonchev–Trinajstić information content (AvgIpc) is 3.03. The summed E-state index contributed by atoms with van der Waals surface area (Å²) in [6.45, 7) is 6.46. The number of rotatable bonds is 6. The largest absolute Gasteiger partial charge is 0.489 e. The zero-order chi connectivity index (χ0) is 16.1. The fourth-order valence-corrected chi connectivity index (χ4v) is 3.98. The molecule has 2 aliphatic rings. The Labute approximate surface area is 138 Å². The van der Waals surface area contributed by atoms with Gasteiger partial charge in [-0.05, 0) is 31.4 Å². The van der Waals surface area contributed by atoms with Gasteiger partial charge in [0.25, 0.3) is 0 Å². The van der Waals surface area contributed by atoms with E-state index in [4.69, 9.17) is 4.74 Å². The zero-order valence-electron chi connectivity index (χ0n) is 13.6. The molecule has 0 spiro atoms. The summed E-state index contributed by atoms with van der Waals surface area (Å²) >= 11 is 0. The molecule has 0 aromatic heterocycles. The Hall–Kier alpha value is -1.81. The van der Waals surface area contributed by atoms with Crippen molar-refractivity contribution in [2.75, 3.05) is 19.7 Å². The van der Waals surface area contributed by atoms with E-state index in [-0.39, 0.29) is 11.3 Å². The predicted octanol–water partition coefficient (Wildman–Crippen LogP) is 2.65. The molecular weight excluding hydrogens is 288 g/mol. The van der Waals surface area contributed by atoms with Crippen molar-refractivity contribution < 1.29 is 9.53 Å². The molecule has 1 amide bonds. The van der Waals surface area contributed by atoms with E-state index in [2.05, 4.69) is 17.2 Å². The van der Waals surface area contributed by atoms with E-state index < -0.39 is 0 Å². The number of ether oxygens (including phenoxy) is 1. The van der Waals surface area contributed by atoms with Crippen molar-refractivity contribution >= 4 is 5.91 Å². The highest BCUT2D eigenvalue weighted by Gasteiger charge is 2.49. The fraction of sp³-hybridized carbons (Fsp3) is 0.526. The van der Waals surface area contributed by atoms with Gasteiger partial charge in [-0.15, -0.1) is 0 Å². The molecule has 2 atom stereocenters. The molecule has 4 heteroatoms. The highest BCUT2D eigenvalue weighted by molar-refractivity contribution is 5.84. The second-order valence-corrected chi connectivity index (χ2v) is 6.62. The molecule has 124 valence electrons. The van der Waals surface area contributed by atoms with Crippen molar-refractivity contribution in [2.24, 2.45) is 11.3 Å². The molecule has 0 bridgehead atoms. The van der Waals surface area contributed by atoms with Gasteiger partial charge in [0.1, 0.15) is 12.4 Å². The molecule has 4 nitrogen and oxygen atoms in total. The van der Waals surface area contributed by atoms with Crippen LogP contribution in [-0.4, -0.2) is 25.6 Å². The van der Waals surface area contributed by atoms with Crippen LogP contribution in [0.15, 0.2) is 36.9 Å². The van der Waals surface area contributed by atoms with Crippen molar-refractivity contribution in [3.8, 4) is 5.75 Å². The highest BCUT2D eigenvalue weighted by atomic mass is 16.5. The second-order valence-electron chi connectivity index (χ2n) is 6.62. The van der Waals surface area contributed by atoms with Gasteiger partial charge < -0.3 is 15.4 Å². The van der Waals surface area contributed by atoms with Crippen LogP contribution in [-0.2, 0) is 11.3 Å². The first kappa shape index (κ1) is 16.1. The van der Waals surface area contributed by atoms with Crippen molar-refractivity contribution in [1.29, 1.82) is 0 Å². The number of carbonyl (C=O) groups is 1. The summed E-state index contributed by atoms with van der Waals surface area (Å²) in [5.74, 6) is 1.50. The van der Waals surface area contributed by atoms with E-state index in [0.29, 0.717) is 19.1 Å². The van der Waals surface area contributed by atoms with Crippen molar-refractivity contribution in [3.05, 3.63) is 42.5 Å². The number of hydrogen-bond donors (Lipinski definition) is 2. The second kappa shape index (κ2) is 7.18. The lowest BCUT2D eigenvalue weighted by Crippen LogP contribution is -2.47. The predicted molar refractivity (Wildman–Crippen MR) is 91.2 cm³/mol. The van der Waals surface area contributed by atoms with Crippen LogP contribution in [0.2, 0.25) is 0 Å². The van der Waals surface area contributed by atoms with Crippen LogP contribution < -0.4 is 15.4 Å². The van der Waals surface area contributed by atoms with Crippen LogP contribution in [0.1, 0.15) is 31.2 Å². The van der Waals surface area contributed by atoms with Gasteiger partial charge in [-0.1, -0.05) is 43.7 Å². The van der Waals surface area contributed by atoms with Gasteiger partial charge in [-0.2, -0.15) is 0 Å². The number of hydrogen-bond acceptors (Lipinski definition) is 3. The Morgan fingerprint density at radius 2 is 2.30 bits per heavy atom. The van der Waals surface area contributed by atoms with E-state index in [9.17, 15) is 4.79 Å². The number of carbonyl (C=O) groups excluding carboxylic acids is 1. The van der Waals surface area contributed by atoms with Gasteiger partial charge in [0.15, 0.2) is 0 Å². The number of amides is 1. The molecule has 1 aliphatic carbocycles. The summed E-state index contributed by atoms with van der Waals surface area (Å²) in [4.78, 5) is 12.9. The minimum absolute atomic E-state index is 0.199. The topological polar surface area (TPSA) is 50.4 Å². The molecule has 1 aromatic carbocycles. The van der Waals surface area contributed by atoms with Crippen LogP contribution >= 0.6 is 0 Å². The van der Waals surface area contributed by atoms with Crippen LogP contribution in [0.4, 0.5) is 0 Å². The van der Waals surface area contributed by atoms with Gasteiger partial charge in [0.05, 0.1) is 5.41 Å². The Morgan fingerprint density at radius 1 is 1.43 bits per heavy atom. The van der Waals surface area contributed by atoms with Gasteiger partial charge in [0.2, 0.25) is 5.91 Å². The zero-order valence-corrected chi connectivity index (χ0v) is 13.6. The lowest BCUT2D eigenvalue weighted by molar-refractivity contribution is -0.134. The number of para-hydroxylation sites is 1. The molecule has 1 aromatic rings. The van der Waals surface area contributed by atoms with Crippen molar-refractivity contribution in [2.45, 2.75) is 32.2 Å². The molecule has 23 heavy (non-hydrogen) atoms. The lowest BCUT2D eigenvalue weighted by Gasteiger charge is -2.37. The molecular formula is C19H26N2O2. The van der Waals surface area contributed by atoms with Crippen molar-refractivity contribution in [3.63, 3.8) is 0 Å². The Balaban J connectivity index is 1.66. The summed E-state index contributed by atoms with van der Waals surface area (Å²) in [6, 6.07) is 7.85.